The summed E-state index contributed by atoms with van der Waals surface area (Å²) in [6.07, 6.45) is 26.5. The maximum Gasteiger partial charge on any atom is 0.166 e. The van der Waals surface area contributed by atoms with E-state index in [1.54, 1.807) is 13.0 Å². The maximum absolute atomic E-state index is 11.9. The number of aliphatic hydroxyl groups is 2. The zero-order valence-corrected chi connectivity index (χ0v) is 24.5. The zero-order valence-electron chi connectivity index (χ0n) is 24.5. The highest BCUT2D eigenvalue weighted by atomic mass is 16.4. The Balaban J connectivity index is 3.53. The highest BCUT2D eigenvalue weighted by Gasteiger charge is 2.15. The van der Waals surface area contributed by atoms with Crippen LogP contribution in [0, 0.1) is 5.92 Å². The number of hydrogen-bond donors (Lipinski definition) is 2. The van der Waals surface area contributed by atoms with Crippen LogP contribution in [0.2, 0.25) is 0 Å². The molecular weight excluding hydrogens is 464 g/mol. The van der Waals surface area contributed by atoms with Crippen LogP contribution < -0.4 is 5.11 Å². The number of rotatable bonds is 27. The molecule has 0 aromatic rings. The third-order valence-corrected chi connectivity index (χ3v) is 7.51. The van der Waals surface area contributed by atoms with Crippen molar-refractivity contribution in [1.82, 2.24) is 0 Å². The number of Topliss-reactive ketones (excluding diaryl/α,β-unsaturated/α-hetero) is 1. The van der Waals surface area contributed by atoms with Crippen molar-refractivity contribution >= 4 is 11.8 Å². The number of carboxylic acid groups (broad SMARTS) is 1. The lowest BCUT2D eigenvalue weighted by Gasteiger charge is -2.15. The van der Waals surface area contributed by atoms with Crippen LogP contribution in [-0.2, 0) is 9.59 Å². The van der Waals surface area contributed by atoms with Crippen molar-refractivity contribution in [3.8, 4) is 0 Å². The van der Waals surface area contributed by atoms with Gasteiger partial charge in [0.25, 0.3) is 0 Å². The normalized spacial score (nSPS) is 14.5. The molecule has 0 fully saturated rings. The summed E-state index contributed by atoms with van der Waals surface area (Å²) in [5, 5.41) is 31.1. The van der Waals surface area contributed by atoms with Crippen LogP contribution >= 0.6 is 0 Å². The van der Waals surface area contributed by atoms with Crippen molar-refractivity contribution in [2.75, 3.05) is 0 Å². The van der Waals surface area contributed by atoms with E-state index in [1.807, 2.05) is 0 Å². The second kappa shape index (κ2) is 25.1. The molecule has 0 aliphatic carbocycles. The van der Waals surface area contributed by atoms with Gasteiger partial charge in [-0.25, -0.2) is 0 Å². The standard InChI is InChI=1S/C32H60O5/c1-4-5-6-7-8-9-10-11-12-13-14-15-16-17-18-19-20-24-29(33)26-30(34)25-22-21-23-27(2)31(35)28(3)32(36)37/h23,28-30,33-34H,4-22,24-26H2,1-3H3,(H,36,37)/p-1/b27-23+/t28?,29-,30-/m1/s1. The quantitative estimate of drug-likeness (QED) is 0.0673. The Kier molecular flexibility index (Phi) is 24.3. The van der Waals surface area contributed by atoms with Gasteiger partial charge in [-0.05, 0) is 51.5 Å². The van der Waals surface area contributed by atoms with Crippen LogP contribution in [0.3, 0.4) is 0 Å². The molecule has 0 amide bonds. The Morgan fingerprint density at radius 2 is 1.05 bits per heavy atom. The number of carbonyl (C=O) groups excluding carboxylic acids is 2. The average molecular weight is 524 g/mol. The van der Waals surface area contributed by atoms with Gasteiger partial charge in [0.1, 0.15) is 0 Å². The Hall–Kier alpha value is -1.20. The molecule has 5 heteroatoms. The Labute approximate surface area is 228 Å². The molecular formula is C32H59O5-. The highest BCUT2D eigenvalue weighted by molar-refractivity contribution is 6.06. The largest absolute Gasteiger partial charge is 0.549 e. The molecule has 0 spiro atoms. The topological polar surface area (TPSA) is 97.7 Å². The molecule has 0 aliphatic rings. The van der Waals surface area contributed by atoms with E-state index in [2.05, 4.69) is 6.92 Å². The number of hydrogen-bond acceptors (Lipinski definition) is 5. The summed E-state index contributed by atoms with van der Waals surface area (Å²) in [7, 11) is 0. The van der Waals surface area contributed by atoms with Gasteiger partial charge in [-0.3, -0.25) is 4.79 Å². The molecule has 0 aromatic heterocycles. The summed E-state index contributed by atoms with van der Waals surface area (Å²) in [4.78, 5) is 22.7. The first-order valence-electron chi connectivity index (χ1n) is 15.6. The number of allylic oxidation sites excluding steroid dienone is 2. The van der Waals surface area contributed by atoms with Crippen LogP contribution in [0.5, 0.6) is 0 Å². The fraction of sp³-hybridized carbons (Fsp3) is 0.875. The molecule has 0 radical (unpaired) electrons. The van der Waals surface area contributed by atoms with Gasteiger partial charge >= 0.3 is 0 Å². The van der Waals surface area contributed by atoms with E-state index in [0.717, 1.165) is 19.3 Å². The van der Waals surface area contributed by atoms with Crippen LogP contribution in [0.15, 0.2) is 11.6 Å². The molecule has 0 saturated carbocycles. The number of aliphatic hydroxyl groups excluding tert-OH is 2. The van der Waals surface area contributed by atoms with E-state index in [0.29, 0.717) is 31.3 Å². The molecule has 5 nitrogen and oxygen atoms in total. The predicted molar refractivity (Wildman–Crippen MR) is 152 cm³/mol. The van der Waals surface area contributed by atoms with Gasteiger partial charge in [-0.1, -0.05) is 122 Å². The fourth-order valence-corrected chi connectivity index (χ4v) is 4.88. The van der Waals surface area contributed by atoms with E-state index in [-0.39, 0.29) is 0 Å². The van der Waals surface area contributed by atoms with E-state index < -0.39 is 29.9 Å². The van der Waals surface area contributed by atoms with Crippen LogP contribution in [0.25, 0.3) is 0 Å². The smallest absolute Gasteiger partial charge is 0.166 e. The van der Waals surface area contributed by atoms with Gasteiger partial charge in [0.15, 0.2) is 5.78 Å². The Morgan fingerprint density at radius 1 is 0.676 bits per heavy atom. The van der Waals surface area contributed by atoms with Crippen LogP contribution in [-0.4, -0.2) is 34.2 Å². The summed E-state index contributed by atoms with van der Waals surface area (Å²) in [5.74, 6) is -2.92. The lowest BCUT2D eigenvalue weighted by molar-refractivity contribution is -0.309. The number of carbonyl (C=O) groups is 2. The van der Waals surface area contributed by atoms with Crippen LogP contribution in [0.4, 0.5) is 0 Å². The molecule has 218 valence electrons. The fourth-order valence-electron chi connectivity index (χ4n) is 4.88. The number of ketones is 1. The van der Waals surface area contributed by atoms with Crippen molar-refractivity contribution in [1.29, 1.82) is 0 Å². The SMILES string of the molecule is CCCCCCCCCCCCCCCCCCC[C@@H](O)C[C@H](O)CCC/C=C(\C)C(=O)C(C)C(=O)[O-]. The molecule has 0 heterocycles. The van der Waals surface area contributed by atoms with Gasteiger partial charge < -0.3 is 20.1 Å². The first-order chi connectivity index (χ1) is 17.8. The maximum atomic E-state index is 11.9. The van der Waals surface area contributed by atoms with Crippen molar-refractivity contribution in [3.05, 3.63) is 11.6 Å². The number of carboxylic acids is 1. The molecule has 0 aliphatic heterocycles. The highest BCUT2D eigenvalue weighted by Crippen LogP contribution is 2.17. The third-order valence-electron chi connectivity index (χ3n) is 7.51. The Morgan fingerprint density at radius 3 is 1.46 bits per heavy atom. The van der Waals surface area contributed by atoms with Crippen molar-refractivity contribution < 1.29 is 24.9 Å². The molecule has 0 saturated heterocycles. The summed E-state index contributed by atoms with van der Waals surface area (Å²) in [6, 6.07) is 0. The summed E-state index contributed by atoms with van der Waals surface area (Å²) in [6.45, 7) is 5.22. The first-order valence-corrected chi connectivity index (χ1v) is 15.6. The zero-order chi connectivity index (χ0) is 27.7. The Bertz CT molecular complexity index is 586. The molecule has 2 N–H and O–H groups in total. The number of unbranched alkanes of at least 4 members (excludes halogenated alkanes) is 17. The van der Waals surface area contributed by atoms with E-state index in [1.165, 1.54) is 103 Å². The van der Waals surface area contributed by atoms with E-state index in [4.69, 9.17) is 0 Å². The van der Waals surface area contributed by atoms with Crippen molar-refractivity contribution in [2.24, 2.45) is 5.92 Å². The lowest BCUT2D eigenvalue weighted by Crippen LogP contribution is -2.34. The van der Waals surface area contributed by atoms with E-state index in [9.17, 15) is 24.9 Å². The third kappa shape index (κ3) is 22.5. The molecule has 37 heavy (non-hydrogen) atoms. The van der Waals surface area contributed by atoms with Gasteiger partial charge in [0.05, 0.1) is 24.1 Å². The minimum Gasteiger partial charge on any atom is -0.549 e. The second-order valence-corrected chi connectivity index (χ2v) is 11.2. The van der Waals surface area contributed by atoms with Gasteiger partial charge in [0, 0.05) is 0 Å². The second-order valence-electron chi connectivity index (χ2n) is 11.2. The summed E-state index contributed by atoms with van der Waals surface area (Å²) >= 11 is 0. The molecule has 0 bridgehead atoms. The van der Waals surface area contributed by atoms with Crippen molar-refractivity contribution in [3.63, 3.8) is 0 Å². The predicted octanol–water partition coefficient (Wildman–Crippen LogP) is 7.21. The van der Waals surface area contributed by atoms with Crippen LogP contribution in [0.1, 0.15) is 162 Å². The van der Waals surface area contributed by atoms with E-state index >= 15 is 0 Å². The van der Waals surface area contributed by atoms with Gasteiger partial charge in [-0.2, -0.15) is 0 Å². The monoisotopic (exact) mass is 523 g/mol. The molecule has 1 unspecified atom stereocenters. The van der Waals surface area contributed by atoms with Gasteiger partial charge in [-0.15, -0.1) is 0 Å². The van der Waals surface area contributed by atoms with Crippen molar-refractivity contribution in [2.45, 2.75) is 174 Å². The molecule has 3 atom stereocenters. The first kappa shape index (κ1) is 35.8. The molecule has 0 aromatic carbocycles. The minimum atomic E-state index is -1.36. The summed E-state index contributed by atoms with van der Waals surface area (Å²) < 4.78 is 0. The average Bonchev–Trinajstić information content (AvgIpc) is 2.87. The van der Waals surface area contributed by atoms with Gasteiger partial charge in [0.2, 0.25) is 0 Å². The minimum absolute atomic E-state index is 0.391. The lowest BCUT2D eigenvalue weighted by atomic mass is 9.98. The number of aliphatic carboxylic acids is 1. The summed E-state index contributed by atoms with van der Waals surface area (Å²) in [5.41, 5.74) is 0.421. The molecule has 0 rings (SSSR count).